The van der Waals surface area contributed by atoms with Crippen LogP contribution in [0.15, 0.2) is 60.0 Å². The van der Waals surface area contributed by atoms with Crippen LogP contribution in [0.3, 0.4) is 0 Å². The average molecular weight is 379 g/mol. The molecule has 4 aromatic rings. The van der Waals surface area contributed by atoms with E-state index in [1.807, 2.05) is 19.1 Å². The largest absolute Gasteiger partial charge is 0.347 e. The lowest BCUT2D eigenvalue weighted by Gasteiger charge is -2.14. The molecule has 0 fully saturated rings. The monoisotopic (exact) mass is 378 g/mol. The van der Waals surface area contributed by atoms with Crippen LogP contribution in [0.2, 0.25) is 5.02 Å². The lowest BCUT2D eigenvalue weighted by atomic mass is 10.1. The van der Waals surface area contributed by atoms with Crippen LogP contribution in [0.5, 0.6) is 0 Å². The van der Waals surface area contributed by atoms with Crippen molar-refractivity contribution < 1.29 is 0 Å². The Morgan fingerprint density at radius 3 is 2.78 bits per heavy atom. The number of aromatic nitrogens is 5. The maximum absolute atomic E-state index is 12.5. The molecule has 0 aliphatic rings. The van der Waals surface area contributed by atoms with E-state index in [1.165, 1.54) is 6.33 Å². The van der Waals surface area contributed by atoms with Gasteiger partial charge in [-0.2, -0.15) is 0 Å². The van der Waals surface area contributed by atoms with Crippen molar-refractivity contribution in [3.05, 3.63) is 76.2 Å². The summed E-state index contributed by atoms with van der Waals surface area (Å²) in [4.78, 5) is 32.0. The molecule has 3 aromatic heterocycles. The van der Waals surface area contributed by atoms with Gasteiger partial charge < -0.3 is 10.3 Å². The van der Waals surface area contributed by atoms with Crippen molar-refractivity contribution in [2.75, 3.05) is 5.32 Å². The second-order valence-corrected chi connectivity index (χ2v) is 6.48. The number of nitrogens with zero attached hydrogens (tertiary/aromatic N) is 4. The Morgan fingerprint density at radius 2 is 1.96 bits per heavy atom. The van der Waals surface area contributed by atoms with E-state index in [9.17, 15) is 4.79 Å². The Kier molecular flexibility index (Phi) is 4.52. The Morgan fingerprint density at radius 1 is 1.15 bits per heavy atom. The molecule has 7 nitrogen and oxygen atoms in total. The number of rotatable bonds is 4. The van der Waals surface area contributed by atoms with Crippen molar-refractivity contribution in [3.8, 4) is 11.3 Å². The predicted octanol–water partition coefficient (Wildman–Crippen LogP) is 3.60. The van der Waals surface area contributed by atoms with Gasteiger partial charge in [0.05, 0.1) is 11.7 Å². The number of halogens is 1. The maximum Gasteiger partial charge on any atom is 0.253 e. The van der Waals surface area contributed by atoms with E-state index in [0.717, 1.165) is 16.5 Å². The first kappa shape index (κ1) is 17.1. The second-order valence-electron chi connectivity index (χ2n) is 6.04. The molecule has 0 saturated heterocycles. The highest BCUT2D eigenvalue weighted by molar-refractivity contribution is 6.31. The molecular formula is C19H15ClN6O. The van der Waals surface area contributed by atoms with E-state index in [2.05, 4.69) is 30.2 Å². The highest BCUT2D eigenvalue weighted by Gasteiger charge is 2.13. The summed E-state index contributed by atoms with van der Waals surface area (Å²) in [6, 6.07) is 8.64. The van der Waals surface area contributed by atoms with Gasteiger partial charge in [-0.25, -0.2) is 19.9 Å². The summed E-state index contributed by atoms with van der Waals surface area (Å²) in [7, 11) is 0. The van der Waals surface area contributed by atoms with Gasteiger partial charge in [0.2, 0.25) is 5.95 Å². The smallest absolute Gasteiger partial charge is 0.253 e. The normalized spacial score (nSPS) is 12.1. The SMILES string of the molecule is CC(Nc1nccc(-c2cncnc2)n1)c1cc2cc(Cl)ccc2[nH]c1=O. The molecule has 0 bridgehead atoms. The first-order valence-electron chi connectivity index (χ1n) is 8.27. The first-order valence-corrected chi connectivity index (χ1v) is 8.65. The molecule has 0 saturated carbocycles. The van der Waals surface area contributed by atoms with Crippen LogP contribution in [-0.2, 0) is 0 Å². The highest BCUT2D eigenvalue weighted by atomic mass is 35.5. The summed E-state index contributed by atoms with van der Waals surface area (Å²) >= 11 is 6.06. The minimum absolute atomic E-state index is 0.169. The zero-order chi connectivity index (χ0) is 18.8. The van der Waals surface area contributed by atoms with Gasteiger partial charge in [0, 0.05) is 45.6 Å². The zero-order valence-electron chi connectivity index (χ0n) is 14.3. The number of hydrogen-bond acceptors (Lipinski definition) is 6. The van der Waals surface area contributed by atoms with Crippen molar-refractivity contribution in [2.45, 2.75) is 13.0 Å². The maximum atomic E-state index is 12.5. The number of hydrogen-bond donors (Lipinski definition) is 2. The van der Waals surface area contributed by atoms with Gasteiger partial charge in [0.15, 0.2) is 0 Å². The molecule has 3 heterocycles. The molecule has 1 unspecified atom stereocenters. The van der Waals surface area contributed by atoms with Crippen LogP contribution in [0, 0.1) is 0 Å². The topological polar surface area (TPSA) is 96.4 Å². The molecule has 0 aliphatic carbocycles. The molecule has 0 radical (unpaired) electrons. The van der Waals surface area contributed by atoms with Crippen LogP contribution >= 0.6 is 11.6 Å². The first-order chi connectivity index (χ1) is 13.1. The van der Waals surface area contributed by atoms with Gasteiger partial charge in [0.25, 0.3) is 5.56 Å². The van der Waals surface area contributed by atoms with Crippen molar-refractivity contribution in [1.82, 2.24) is 24.9 Å². The van der Waals surface area contributed by atoms with Gasteiger partial charge in [-0.05, 0) is 37.3 Å². The van der Waals surface area contributed by atoms with Gasteiger partial charge in [-0.3, -0.25) is 4.79 Å². The number of anilines is 1. The van der Waals surface area contributed by atoms with E-state index >= 15 is 0 Å². The number of pyridine rings is 1. The molecule has 8 heteroatoms. The number of nitrogens with one attached hydrogen (secondary N) is 2. The van der Waals surface area contributed by atoms with Crippen LogP contribution in [0.25, 0.3) is 22.2 Å². The summed E-state index contributed by atoms with van der Waals surface area (Å²) in [5, 5.41) is 4.65. The van der Waals surface area contributed by atoms with Crippen molar-refractivity contribution in [3.63, 3.8) is 0 Å². The van der Waals surface area contributed by atoms with E-state index in [0.29, 0.717) is 22.2 Å². The van der Waals surface area contributed by atoms with E-state index in [4.69, 9.17) is 11.6 Å². The summed E-state index contributed by atoms with van der Waals surface area (Å²) in [6.45, 7) is 1.88. The zero-order valence-corrected chi connectivity index (χ0v) is 15.1. The van der Waals surface area contributed by atoms with Crippen molar-refractivity contribution in [1.29, 1.82) is 0 Å². The van der Waals surface area contributed by atoms with E-state index in [1.54, 1.807) is 36.8 Å². The quantitative estimate of drug-likeness (QED) is 0.563. The molecule has 134 valence electrons. The third-order valence-corrected chi connectivity index (χ3v) is 4.39. The Balaban J connectivity index is 1.64. The third-order valence-electron chi connectivity index (χ3n) is 4.16. The summed E-state index contributed by atoms with van der Waals surface area (Å²) < 4.78 is 0. The number of fused-ring (bicyclic) bond motifs is 1. The Hall–Kier alpha value is -3.32. The van der Waals surface area contributed by atoms with Crippen LogP contribution in [0.4, 0.5) is 5.95 Å². The van der Waals surface area contributed by atoms with E-state index < -0.39 is 0 Å². The van der Waals surface area contributed by atoms with Gasteiger partial charge in [0.1, 0.15) is 6.33 Å². The molecule has 1 aromatic carbocycles. The van der Waals surface area contributed by atoms with Gasteiger partial charge in [-0.15, -0.1) is 0 Å². The predicted molar refractivity (Wildman–Crippen MR) is 105 cm³/mol. The number of benzene rings is 1. The fourth-order valence-corrected chi connectivity index (χ4v) is 2.99. The van der Waals surface area contributed by atoms with Crippen molar-refractivity contribution >= 4 is 28.5 Å². The third kappa shape index (κ3) is 3.63. The van der Waals surface area contributed by atoms with Gasteiger partial charge in [-0.1, -0.05) is 11.6 Å². The molecule has 27 heavy (non-hydrogen) atoms. The number of aromatic amines is 1. The summed E-state index contributed by atoms with van der Waals surface area (Å²) in [5.74, 6) is 0.412. The fraction of sp³-hybridized carbons (Fsp3) is 0.105. The highest BCUT2D eigenvalue weighted by Crippen LogP contribution is 2.22. The standard InChI is InChI=1S/C19H15ClN6O/c1-11(15-7-12-6-14(20)2-3-16(12)25-18(15)27)24-19-23-5-4-17(26-19)13-8-21-10-22-9-13/h2-11H,1H3,(H,25,27)(H,23,24,26). The number of H-pyrrole nitrogens is 1. The Bertz CT molecular complexity index is 1160. The average Bonchev–Trinajstić information content (AvgIpc) is 2.68. The van der Waals surface area contributed by atoms with Crippen LogP contribution in [-0.4, -0.2) is 24.9 Å². The lowest BCUT2D eigenvalue weighted by molar-refractivity contribution is 0.845. The molecule has 0 spiro atoms. The molecule has 0 amide bonds. The van der Waals surface area contributed by atoms with Crippen molar-refractivity contribution in [2.24, 2.45) is 0 Å². The van der Waals surface area contributed by atoms with Gasteiger partial charge >= 0.3 is 0 Å². The molecule has 0 aliphatic heterocycles. The van der Waals surface area contributed by atoms with E-state index in [-0.39, 0.29) is 11.6 Å². The Labute approximate surface area is 159 Å². The van der Waals surface area contributed by atoms with Crippen LogP contribution in [0.1, 0.15) is 18.5 Å². The minimum Gasteiger partial charge on any atom is -0.347 e. The second kappa shape index (κ2) is 7.13. The minimum atomic E-state index is -0.306. The molecular weight excluding hydrogens is 364 g/mol. The molecule has 4 rings (SSSR count). The van der Waals surface area contributed by atoms with Crippen LogP contribution < -0.4 is 10.9 Å². The lowest BCUT2D eigenvalue weighted by Crippen LogP contribution is -2.20. The summed E-state index contributed by atoms with van der Waals surface area (Å²) in [5.41, 5.74) is 2.62. The summed E-state index contributed by atoms with van der Waals surface area (Å²) in [6.07, 6.45) is 6.47. The fourth-order valence-electron chi connectivity index (χ4n) is 2.81. The molecule has 2 N–H and O–H groups in total. The molecule has 1 atom stereocenters.